The van der Waals surface area contributed by atoms with Gasteiger partial charge in [0.1, 0.15) is 5.69 Å². The van der Waals surface area contributed by atoms with Crippen molar-refractivity contribution in [1.29, 1.82) is 0 Å². The number of rotatable bonds is 7. The highest BCUT2D eigenvalue weighted by atomic mass is 32.1. The van der Waals surface area contributed by atoms with Crippen molar-refractivity contribution >= 4 is 60.2 Å². The first-order valence-electron chi connectivity index (χ1n) is 12.9. The molecule has 4 aromatic heterocycles. The fourth-order valence-electron chi connectivity index (χ4n) is 5.03. The zero-order valence-electron chi connectivity index (χ0n) is 21.1. The Morgan fingerprint density at radius 2 is 1.95 bits per heavy atom. The average Bonchev–Trinajstić information content (AvgIpc) is 3.58. The number of thiophene rings is 1. The highest BCUT2D eigenvalue weighted by Crippen LogP contribution is 2.39. The van der Waals surface area contributed by atoms with Crippen LogP contribution in [-0.4, -0.2) is 54.4 Å². The summed E-state index contributed by atoms with van der Waals surface area (Å²) in [5.41, 5.74) is 14.5. The second kappa shape index (κ2) is 10.9. The second-order valence-corrected chi connectivity index (χ2v) is 11.7. The van der Waals surface area contributed by atoms with E-state index in [9.17, 15) is 9.59 Å². The van der Waals surface area contributed by atoms with E-state index >= 15 is 0 Å². The molecule has 13 heteroatoms. The Bertz CT molecular complexity index is 1560. The first-order valence-corrected chi connectivity index (χ1v) is 14.6. The summed E-state index contributed by atoms with van der Waals surface area (Å²) < 4.78 is 12.6. The minimum absolute atomic E-state index is 0.0116. The lowest BCUT2D eigenvalue weighted by molar-refractivity contribution is 0.0996. The van der Waals surface area contributed by atoms with Gasteiger partial charge in [-0.05, 0) is 18.9 Å². The quantitative estimate of drug-likeness (QED) is 0.259. The number of morpholine rings is 1. The molecule has 0 spiro atoms. The molecule has 2 fully saturated rings. The van der Waals surface area contributed by atoms with E-state index in [1.807, 2.05) is 5.38 Å². The van der Waals surface area contributed by atoms with E-state index in [1.54, 1.807) is 35.7 Å². The van der Waals surface area contributed by atoms with Crippen molar-refractivity contribution in [3.63, 3.8) is 0 Å². The van der Waals surface area contributed by atoms with Crippen LogP contribution >= 0.6 is 22.7 Å². The van der Waals surface area contributed by atoms with Gasteiger partial charge in [-0.1, -0.05) is 18.0 Å². The van der Waals surface area contributed by atoms with E-state index in [4.69, 9.17) is 20.7 Å². The van der Waals surface area contributed by atoms with Crippen LogP contribution in [-0.2, 0) is 4.74 Å². The number of fused-ring (bicyclic) bond motifs is 1. The van der Waals surface area contributed by atoms with Crippen molar-refractivity contribution in [2.75, 3.05) is 41.8 Å². The summed E-state index contributed by atoms with van der Waals surface area (Å²) in [5.74, 6) is -0.348. The number of ether oxygens (including phenoxy) is 1. The first-order chi connectivity index (χ1) is 19.0. The van der Waals surface area contributed by atoms with Gasteiger partial charge in [0.2, 0.25) is 5.88 Å². The van der Waals surface area contributed by atoms with Gasteiger partial charge in [0.15, 0.2) is 11.1 Å². The summed E-state index contributed by atoms with van der Waals surface area (Å²) in [7, 11) is 0. The fourth-order valence-corrected chi connectivity index (χ4v) is 7.39. The number of nitrogens with zero attached hydrogens (tertiary/aromatic N) is 3. The van der Waals surface area contributed by atoms with Gasteiger partial charge >= 0.3 is 0 Å². The van der Waals surface area contributed by atoms with Crippen molar-refractivity contribution in [3.05, 3.63) is 45.7 Å². The van der Waals surface area contributed by atoms with Gasteiger partial charge in [-0.25, -0.2) is 4.98 Å². The monoisotopic (exact) mass is 567 g/mol. The molecule has 4 aromatic rings. The number of hydrogen-bond acceptors (Lipinski definition) is 12. The van der Waals surface area contributed by atoms with E-state index in [1.165, 1.54) is 11.3 Å². The van der Waals surface area contributed by atoms with Crippen LogP contribution in [0.1, 0.15) is 36.2 Å². The Labute approximate surface area is 232 Å². The van der Waals surface area contributed by atoms with Crippen molar-refractivity contribution < 1.29 is 14.1 Å². The molecule has 1 saturated heterocycles. The smallest absolute Gasteiger partial charge is 0.269 e. The van der Waals surface area contributed by atoms with Crippen LogP contribution in [0.4, 0.5) is 22.3 Å². The lowest BCUT2D eigenvalue weighted by atomic mass is 9.91. The largest absolute Gasteiger partial charge is 0.379 e. The van der Waals surface area contributed by atoms with Gasteiger partial charge in [0.05, 0.1) is 45.2 Å². The Morgan fingerprint density at radius 3 is 2.74 bits per heavy atom. The molecule has 6 N–H and O–H groups in total. The molecule has 0 aromatic carbocycles. The predicted molar refractivity (Wildman–Crippen MR) is 154 cm³/mol. The number of hydrogen-bond donors (Lipinski definition) is 4. The van der Waals surface area contributed by atoms with E-state index < -0.39 is 5.91 Å². The Kier molecular flexibility index (Phi) is 7.21. The summed E-state index contributed by atoms with van der Waals surface area (Å²) in [4.78, 5) is 31.4. The Balaban J connectivity index is 1.28. The molecule has 5 heterocycles. The van der Waals surface area contributed by atoms with Crippen LogP contribution in [0.5, 0.6) is 0 Å². The lowest BCUT2D eigenvalue weighted by Crippen LogP contribution is -2.42. The maximum Gasteiger partial charge on any atom is 0.269 e. The van der Waals surface area contributed by atoms with E-state index in [-0.39, 0.29) is 23.2 Å². The molecule has 0 unspecified atom stereocenters. The molecule has 11 nitrogen and oxygen atoms in total. The van der Waals surface area contributed by atoms with Crippen molar-refractivity contribution in [1.82, 2.24) is 10.1 Å². The van der Waals surface area contributed by atoms with E-state index in [0.29, 0.717) is 35.2 Å². The van der Waals surface area contributed by atoms with E-state index in [0.717, 1.165) is 59.7 Å². The highest BCUT2D eigenvalue weighted by molar-refractivity contribution is 7.28. The number of primary amides is 1. The number of carbonyl (C=O) groups excluding carboxylic acids is 1. The predicted octanol–water partition coefficient (Wildman–Crippen LogP) is 3.73. The third-order valence-corrected chi connectivity index (χ3v) is 9.43. The molecule has 1 saturated carbocycles. The molecule has 2 aliphatic rings. The van der Waals surface area contributed by atoms with Crippen molar-refractivity contribution in [3.8, 4) is 11.3 Å². The molecule has 204 valence electrons. The van der Waals surface area contributed by atoms with Crippen molar-refractivity contribution in [2.24, 2.45) is 11.5 Å². The lowest BCUT2D eigenvalue weighted by Gasteiger charge is -2.30. The normalized spacial score (nSPS) is 19.8. The summed E-state index contributed by atoms with van der Waals surface area (Å²) in [6.45, 7) is 2.77. The molecular weight excluding hydrogens is 538 g/mol. The maximum atomic E-state index is 12.9. The minimum Gasteiger partial charge on any atom is -0.379 e. The number of aromatic nitrogens is 2. The number of carbonyl (C=O) groups is 1. The van der Waals surface area contributed by atoms with Crippen LogP contribution in [0.2, 0.25) is 0 Å². The molecule has 1 aliphatic heterocycles. The third-order valence-electron chi connectivity index (χ3n) is 7.09. The first kappa shape index (κ1) is 25.7. The van der Waals surface area contributed by atoms with Crippen LogP contribution in [0.25, 0.3) is 20.7 Å². The number of anilines is 4. The SMILES string of the molecule is NC(=O)c1ncc(N[C@H]2CCCC[C@H]2N)cc1Nc1cc(-c2csc3c(=O)cc(N4CCOCC4)sc23)no1. The standard InChI is InChI=1S/C26H29N7O4S2/c27-16-3-1-2-4-17(16)30-14-9-19(23(26(28)35)29-12-14)31-21-10-18(32-37-21)15-13-38-25-20(34)11-22(39-24(15)25)33-5-7-36-8-6-33/h9-13,16-17,30-31H,1-8,27H2,(H2,28,35)/t16-,17+/m1/s1. The minimum atomic E-state index is -0.664. The Morgan fingerprint density at radius 1 is 1.13 bits per heavy atom. The van der Waals surface area contributed by atoms with Gasteiger partial charge in [-0.3, -0.25) is 9.59 Å². The van der Waals surface area contributed by atoms with Gasteiger partial charge < -0.3 is 36.3 Å². The topological polar surface area (TPSA) is 162 Å². The maximum absolute atomic E-state index is 12.9. The summed E-state index contributed by atoms with van der Waals surface area (Å²) >= 11 is 2.95. The van der Waals surface area contributed by atoms with E-state index in [2.05, 4.69) is 25.7 Å². The summed E-state index contributed by atoms with van der Waals surface area (Å²) in [6.07, 6.45) is 5.77. The molecule has 1 amide bonds. The molecule has 39 heavy (non-hydrogen) atoms. The van der Waals surface area contributed by atoms with Crippen LogP contribution < -0.4 is 32.4 Å². The number of pyridine rings is 1. The molecule has 2 atom stereocenters. The third kappa shape index (κ3) is 5.35. The number of nitrogens with one attached hydrogen (secondary N) is 2. The zero-order chi connectivity index (χ0) is 26.9. The summed E-state index contributed by atoms with van der Waals surface area (Å²) in [5, 5.41) is 13.6. The molecule has 0 radical (unpaired) electrons. The van der Waals surface area contributed by atoms with Crippen LogP contribution in [0, 0.1) is 0 Å². The van der Waals surface area contributed by atoms with Crippen LogP contribution in [0.15, 0.2) is 39.1 Å². The molecule has 1 aliphatic carbocycles. The second-order valence-electron chi connectivity index (χ2n) is 9.74. The summed E-state index contributed by atoms with van der Waals surface area (Å²) in [6, 6.07) is 5.40. The highest BCUT2D eigenvalue weighted by Gasteiger charge is 2.23. The molecular formula is C26H29N7O4S2. The fraction of sp³-hybridized carbons (Fsp3) is 0.385. The van der Waals surface area contributed by atoms with Gasteiger partial charge in [-0.15, -0.1) is 22.7 Å². The van der Waals surface area contributed by atoms with Gasteiger partial charge in [0.25, 0.3) is 5.91 Å². The average molecular weight is 568 g/mol. The van der Waals surface area contributed by atoms with Crippen molar-refractivity contribution in [2.45, 2.75) is 37.8 Å². The number of amides is 1. The Hall–Kier alpha value is -3.52. The number of nitrogens with two attached hydrogens (primary N) is 2. The molecule has 6 rings (SSSR count). The van der Waals surface area contributed by atoms with Crippen LogP contribution in [0.3, 0.4) is 0 Å². The zero-order valence-corrected chi connectivity index (χ0v) is 22.8. The van der Waals surface area contributed by atoms with Gasteiger partial charge in [0, 0.05) is 48.2 Å². The molecule has 0 bridgehead atoms. The van der Waals surface area contributed by atoms with Gasteiger partial charge in [-0.2, -0.15) is 0 Å².